The van der Waals surface area contributed by atoms with Crippen LogP contribution in [-0.2, 0) is 6.54 Å². The Morgan fingerprint density at radius 2 is 2.25 bits per heavy atom. The van der Waals surface area contributed by atoms with Crippen LogP contribution in [0, 0.1) is 0 Å². The molecule has 4 heteroatoms. The summed E-state index contributed by atoms with van der Waals surface area (Å²) in [5, 5.41) is 3.91. The predicted molar refractivity (Wildman–Crippen MR) is 67.0 cm³/mol. The maximum Gasteiger partial charge on any atom is 0.213 e. The van der Waals surface area contributed by atoms with E-state index in [9.17, 15) is 0 Å². The van der Waals surface area contributed by atoms with Gasteiger partial charge in [0.25, 0.3) is 0 Å². The third-order valence-corrected chi connectivity index (χ3v) is 2.71. The molecule has 0 aliphatic rings. The Bertz CT molecular complexity index is 331. The lowest BCUT2D eigenvalue weighted by Crippen LogP contribution is -2.14. The van der Waals surface area contributed by atoms with Crippen LogP contribution >= 0.6 is 11.6 Å². The summed E-state index contributed by atoms with van der Waals surface area (Å²) in [7, 11) is 0. The van der Waals surface area contributed by atoms with E-state index in [2.05, 4.69) is 24.1 Å². The van der Waals surface area contributed by atoms with Crippen molar-refractivity contribution < 1.29 is 4.74 Å². The quantitative estimate of drug-likeness (QED) is 0.833. The molecule has 0 radical (unpaired) electrons. The molecule has 1 heterocycles. The SMILES string of the molecule is CCNCc1cc(OC(C)CC)ncc1Cl. The molecule has 3 nitrogen and oxygen atoms in total. The molecular formula is C12H19ClN2O. The van der Waals surface area contributed by atoms with Crippen molar-refractivity contribution in [2.45, 2.75) is 39.8 Å². The molecule has 0 bridgehead atoms. The number of aromatic nitrogens is 1. The lowest BCUT2D eigenvalue weighted by molar-refractivity contribution is 0.208. The van der Waals surface area contributed by atoms with Crippen LogP contribution in [-0.4, -0.2) is 17.6 Å². The average molecular weight is 243 g/mol. The summed E-state index contributed by atoms with van der Waals surface area (Å²) < 4.78 is 5.64. The van der Waals surface area contributed by atoms with Gasteiger partial charge < -0.3 is 10.1 Å². The summed E-state index contributed by atoms with van der Waals surface area (Å²) in [4.78, 5) is 4.15. The van der Waals surface area contributed by atoms with E-state index in [1.807, 2.05) is 13.0 Å². The first kappa shape index (κ1) is 13.3. The fourth-order valence-electron chi connectivity index (χ4n) is 1.21. The van der Waals surface area contributed by atoms with Gasteiger partial charge in [0, 0.05) is 18.8 Å². The molecule has 0 aliphatic heterocycles. The number of nitrogens with one attached hydrogen (secondary N) is 1. The third-order valence-electron chi connectivity index (χ3n) is 2.37. The summed E-state index contributed by atoms with van der Waals surface area (Å²) in [6.07, 6.45) is 2.79. The zero-order valence-corrected chi connectivity index (χ0v) is 10.8. The van der Waals surface area contributed by atoms with Gasteiger partial charge in [0.2, 0.25) is 5.88 Å². The van der Waals surface area contributed by atoms with Gasteiger partial charge in [-0.05, 0) is 25.5 Å². The molecule has 1 unspecified atom stereocenters. The van der Waals surface area contributed by atoms with Gasteiger partial charge >= 0.3 is 0 Å². The summed E-state index contributed by atoms with van der Waals surface area (Å²) in [6, 6.07) is 1.90. The Hall–Kier alpha value is -0.800. The number of hydrogen-bond donors (Lipinski definition) is 1. The minimum absolute atomic E-state index is 0.181. The van der Waals surface area contributed by atoms with Gasteiger partial charge in [-0.25, -0.2) is 4.98 Å². The molecule has 0 spiro atoms. The first-order chi connectivity index (χ1) is 7.67. The highest BCUT2D eigenvalue weighted by Crippen LogP contribution is 2.20. The van der Waals surface area contributed by atoms with Crippen LogP contribution in [0.25, 0.3) is 0 Å². The maximum atomic E-state index is 6.04. The van der Waals surface area contributed by atoms with E-state index >= 15 is 0 Å². The predicted octanol–water partition coefficient (Wildman–Crippen LogP) is 3.02. The third kappa shape index (κ3) is 3.99. The van der Waals surface area contributed by atoms with Gasteiger partial charge in [-0.1, -0.05) is 25.4 Å². The Morgan fingerprint density at radius 3 is 2.88 bits per heavy atom. The van der Waals surface area contributed by atoms with Crippen LogP contribution < -0.4 is 10.1 Å². The number of rotatable bonds is 6. The van der Waals surface area contributed by atoms with Crippen molar-refractivity contribution >= 4 is 11.6 Å². The molecule has 1 atom stereocenters. The minimum Gasteiger partial charge on any atom is -0.475 e. The molecule has 0 amide bonds. The van der Waals surface area contributed by atoms with E-state index < -0.39 is 0 Å². The second kappa shape index (κ2) is 6.71. The summed E-state index contributed by atoms with van der Waals surface area (Å²) in [6.45, 7) is 7.83. The van der Waals surface area contributed by atoms with Crippen LogP contribution in [0.4, 0.5) is 0 Å². The number of ether oxygens (including phenoxy) is 1. The molecule has 90 valence electrons. The molecule has 1 aromatic rings. The van der Waals surface area contributed by atoms with E-state index in [-0.39, 0.29) is 6.10 Å². The van der Waals surface area contributed by atoms with Crippen molar-refractivity contribution in [3.63, 3.8) is 0 Å². The van der Waals surface area contributed by atoms with Crippen LogP contribution in [0.3, 0.4) is 0 Å². The van der Waals surface area contributed by atoms with Crippen molar-refractivity contribution in [3.05, 3.63) is 22.8 Å². The first-order valence-electron chi connectivity index (χ1n) is 5.69. The molecule has 0 aliphatic carbocycles. The Morgan fingerprint density at radius 1 is 1.50 bits per heavy atom. The Labute approximate surface area is 102 Å². The summed E-state index contributed by atoms with van der Waals surface area (Å²) in [5.41, 5.74) is 1.02. The van der Waals surface area contributed by atoms with E-state index in [0.29, 0.717) is 10.9 Å². The van der Waals surface area contributed by atoms with Crippen molar-refractivity contribution in [3.8, 4) is 5.88 Å². The lowest BCUT2D eigenvalue weighted by Gasteiger charge is -2.13. The van der Waals surface area contributed by atoms with Crippen molar-refractivity contribution in [1.82, 2.24) is 10.3 Å². The molecule has 0 aromatic carbocycles. The highest BCUT2D eigenvalue weighted by atomic mass is 35.5. The number of nitrogens with zero attached hydrogens (tertiary/aromatic N) is 1. The zero-order valence-electron chi connectivity index (χ0n) is 10.1. The molecule has 16 heavy (non-hydrogen) atoms. The second-order valence-corrected chi connectivity index (χ2v) is 4.14. The van der Waals surface area contributed by atoms with Crippen molar-refractivity contribution in [1.29, 1.82) is 0 Å². The topological polar surface area (TPSA) is 34.1 Å². The highest BCUT2D eigenvalue weighted by Gasteiger charge is 2.06. The van der Waals surface area contributed by atoms with Crippen molar-refractivity contribution in [2.75, 3.05) is 6.54 Å². The van der Waals surface area contributed by atoms with Gasteiger partial charge in [0.15, 0.2) is 0 Å². The van der Waals surface area contributed by atoms with Gasteiger partial charge in [-0.2, -0.15) is 0 Å². The standard InChI is InChI=1S/C12H19ClN2O/c1-4-9(3)16-12-6-10(7-14-5-2)11(13)8-15-12/h6,8-9,14H,4-5,7H2,1-3H3. The molecule has 0 saturated carbocycles. The molecule has 1 N–H and O–H groups in total. The van der Waals surface area contributed by atoms with Gasteiger partial charge in [-0.15, -0.1) is 0 Å². The van der Waals surface area contributed by atoms with Crippen LogP contribution in [0.15, 0.2) is 12.3 Å². The van der Waals surface area contributed by atoms with E-state index in [4.69, 9.17) is 16.3 Å². The fourth-order valence-corrected chi connectivity index (χ4v) is 1.38. The van der Waals surface area contributed by atoms with Crippen molar-refractivity contribution in [2.24, 2.45) is 0 Å². The normalized spacial score (nSPS) is 12.5. The first-order valence-corrected chi connectivity index (χ1v) is 6.07. The van der Waals surface area contributed by atoms with Gasteiger partial charge in [0.1, 0.15) is 0 Å². The van der Waals surface area contributed by atoms with Crippen LogP contribution in [0.1, 0.15) is 32.8 Å². The number of pyridine rings is 1. The van der Waals surface area contributed by atoms with Gasteiger partial charge in [-0.3, -0.25) is 0 Å². The second-order valence-electron chi connectivity index (χ2n) is 3.73. The summed E-state index contributed by atoms with van der Waals surface area (Å²) >= 11 is 6.04. The maximum absolute atomic E-state index is 6.04. The Kier molecular flexibility index (Phi) is 5.56. The largest absolute Gasteiger partial charge is 0.475 e. The smallest absolute Gasteiger partial charge is 0.213 e. The molecular weight excluding hydrogens is 224 g/mol. The molecule has 1 aromatic heterocycles. The minimum atomic E-state index is 0.181. The number of halogens is 1. The lowest BCUT2D eigenvalue weighted by atomic mass is 10.2. The van der Waals surface area contributed by atoms with E-state index in [1.165, 1.54) is 0 Å². The molecule has 0 saturated heterocycles. The fraction of sp³-hybridized carbons (Fsp3) is 0.583. The molecule has 0 fully saturated rings. The van der Waals surface area contributed by atoms with Crippen LogP contribution in [0.5, 0.6) is 5.88 Å². The highest BCUT2D eigenvalue weighted by molar-refractivity contribution is 6.31. The van der Waals surface area contributed by atoms with Gasteiger partial charge in [0.05, 0.1) is 11.1 Å². The average Bonchev–Trinajstić information content (AvgIpc) is 2.29. The monoisotopic (exact) mass is 242 g/mol. The molecule has 1 rings (SSSR count). The van der Waals surface area contributed by atoms with E-state index in [0.717, 1.165) is 25.1 Å². The summed E-state index contributed by atoms with van der Waals surface area (Å²) in [5.74, 6) is 0.645. The zero-order chi connectivity index (χ0) is 12.0. The van der Waals surface area contributed by atoms with E-state index in [1.54, 1.807) is 6.20 Å². The van der Waals surface area contributed by atoms with Crippen LogP contribution in [0.2, 0.25) is 5.02 Å². The number of hydrogen-bond acceptors (Lipinski definition) is 3. The Balaban J connectivity index is 2.72.